The molecule has 0 aromatic heterocycles. The number of nitriles is 1. The highest BCUT2D eigenvalue weighted by Gasteiger charge is 2.42. The fraction of sp³-hybridized carbons (Fsp3) is 0.533. The Morgan fingerprint density at radius 2 is 2.06 bits per heavy atom. The molecule has 0 spiro atoms. The van der Waals surface area contributed by atoms with E-state index in [1.165, 1.54) is 12.1 Å². The van der Waals surface area contributed by atoms with Crippen molar-refractivity contribution in [2.45, 2.75) is 38.6 Å². The van der Waals surface area contributed by atoms with Gasteiger partial charge in [-0.1, -0.05) is 12.1 Å². The molecule has 0 saturated heterocycles. The van der Waals surface area contributed by atoms with Gasteiger partial charge in [0.1, 0.15) is 5.82 Å². The van der Waals surface area contributed by atoms with Crippen LogP contribution in [0.25, 0.3) is 0 Å². The first-order chi connectivity index (χ1) is 8.63. The molecule has 1 unspecified atom stereocenters. The third kappa shape index (κ3) is 3.54. The van der Waals surface area contributed by atoms with Gasteiger partial charge in [-0.25, -0.2) is 4.39 Å². The average Bonchev–Trinajstić information content (AvgIpc) is 3.11. The number of rotatable bonds is 6. The summed E-state index contributed by atoms with van der Waals surface area (Å²) in [6.07, 6.45) is 3.87. The second-order valence-corrected chi connectivity index (χ2v) is 5.45. The summed E-state index contributed by atoms with van der Waals surface area (Å²) in [5.41, 5.74) is 1.38. The van der Waals surface area contributed by atoms with E-state index >= 15 is 0 Å². The Morgan fingerprint density at radius 1 is 1.39 bits per heavy atom. The van der Waals surface area contributed by atoms with E-state index in [-0.39, 0.29) is 11.2 Å². The summed E-state index contributed by atoms with van der Waals surface area (Å²) in [7, 11) is 0. The number of benzene rings is 1. The van der Waals surface area contributed by atoms with Crippen LogP contribution in [0.4, 0.5) is 4.39 Å². The van der Waals surface area contributed by atoms with Gasteiger partial charge >= 0.3 is 0 Å². The molecule has 96 valence electrons. The van der Waals surface area contributed by atoms with Crippen molar-refractivity contribution < 1.29 is 4.39 Å². The van der Waals surface area contributed by atoms with E-state index < -0.39 is 0 Å². The van der Waals surface area contributed by atoms with Crippen molar-refractivity contribution >= 4 is 0 Å². The van der Waals surface area contributed by atoms with Crippen LogP contribution in [-0.4, -0.2) is 12.6 Å². The zero-order valence-electron chi connectivity index (χ0n) is 10.7. The lowest BCUT2D eigenvalue weighted by molar-refractivity contribution is 0.425. The quantitative estimate of drug-likeness (QED) is 0.837. The minimum absolute atomic E-state index is 0.190. The Morgan fingerprint density at radius 3 is 2.61 bits per heavy atom. The van der Waals surface area contributed by atoms with E-state index in [9.17, 15) is 4.39 Å². The highest BCUT2D eigenvalue weighted by atomic mass is 19.1. The lowest BCUT2D eigenvalue weighted by Gasteiger charge is -2.18. The third-order valence-electron chi connectivity index (χ3n) is 3.69. The molecule has 1 fully saturated rings. The molecule has 2 rings (SSSR count). The largest absolute Gasteiger partial charge is 0.313 e. The molecule has 0 radical (unpaired) electrons. The van der Waals surface area contributed by atoms with E-state index in [1.807, 2.05) is 12.1 Å². The van der Waals surface area contributed by atoms with E-state index in [1.54, 1.807) is 0 Å². The fourth-order valence-corrected chi connectivity index (χ4v) is 2.20. The Kier molecular flexibility index (Phi) is 3.98. The van der Waals surface area contributed by atoms with Gasteiger partial charge in [-0.3, -0.25) is 0 Å². The van der Waals surface area contributed by atoms with Gasteiger partial charge < -0.3 is 5.32 Å². The maximum Gasteiger partial charge on any atom is 0.123 e. The molecular weight excluding hydrogens is 227 g/mol. The molecule has 1 aliphatic carbocycles. The minimum Gasteiger partial charge on any atom is -0.313 e. The Hall–Kier alpha value is -1.40. The van der Waals surface area contributed by atoms with Crippen LogP contribution in [0, 0.1) is 22.6 Å². The van der Waals surface area contributed by atoms with E-state index in [2.05, 4.69) is 18.3 Å². The standard InChI is InChI=1S/C15H19FN2/c1-12(10-13-2-4-14(16)5-3-13)18-11-15(6-7-15)8-9-17/h2-5,12,18H,6-8,10-11H2,1H3. The van der Waals surface area contributed by atoms with Crippen molar-refractivity contribution in [1.29, 1.82) is 5.26 Å². The third-order valence-corrected chi connectivity index (χ3v) is 3.69. The molecule has 1 N–H and O–H groups in total. The first-order valence-corrected chi connectivity index (χ1v) is 6.48. The predicted octanol–water partition coefficient (Wildman–Crippen LogP) is 3.04. The zero-order valence-corrected chi connectivity index (χ0v) is 10.7. The smallest absolute Gasteiger partial charge is 0.123 e. The summed E-state index contributed by atoms with van der Waals surface area (Å²) in [6.45, 7) is 3.05. The first-order valence-electron chi connectivity index (χ1n) is 6.48. The van der Waals surface area contributed by atoms with Crippen LogP contribution in [-0.2, 0) is 6.42 Å². The zero-order chi connectivity index (χ0) is 13.0. The lowest BCUT2D eigenvalue weighted by Crippen LogP contribution is -2.33. The number of nitrogens with one attached hydrogen (secondary N) is 1. The van der Waals surface area contributed by atoms with Gasteiger partial charge in [-0.2, -0.15) is 5.26 Å². The molecule has 1 aromatic carbocycles. The van der Waals surface area contributed by atoms with E-state index in [4.69, 9.17) is 5.26 Å². The Balaban J connectivity index is 1.77. The minimum atomic E-state index is -0.190. The van der Waals surface area contributed by atoms with Gasteiger partial charge in [0.25, 0.3) is 0 Å². The van der Waals surface area contributed by atoms with Crippen LogP contribution >= 0.6 is 0 Å². The normalized spacial score (nSPS) is 18.1. The predicted molar refractivity (Wildman–Crippen MR) is 69.5 cm³/mol. The molecule has 0 amide bonds. The highest BCUT2D eigenvalue weighted by Crippen LogP contribution is 2.47. The SMILES string of the molecule is CC(Cc1ccc(F)cc1)NCC1(CC#N)CC1. The number of halogens is 1. The number of hydrogen-bond donors (Lipinski definition) is 1. The summed E-state index contributed by atoms with van der Waals surface area (Å²) in [5, 5.41) is 12.2. The molecule has 18 heavy (non-hydrogen) atoms. The van der Waals surface area contributed by atoms with Crippen LogP contribution in [0.15, 0.2) is 24.3 Å². The summed E-state index contributed by atoms with van der Waals surface area (Å²) in [5.74, 6) is -0.190. The van der Waals surface area contributed by atoms with Crippen molar-refractivity contribution in [3.63, 3.8) is 0 Å². The molecule has 3 heteroatoms. The van der Waals surface area contributed by atoms with Crippen molar-refractivity contribution in [2.24, 2.45) is 5.41 Å². The van der Waals surface area contributed by atoms with E-state index in [0.29, 0.717) is 12.5 Å². The van der Waals surface area contributed by atoms with E-state index in [0.717, 1.165) is 31.4 Å². The van der Waals surface area contributed by atoms with Gasteiger partial charge in [0, 0.05) is 19.0 Å². The molecule has 1 saturated carbocycles. The topological polar surface area (TPSA) is 35.8 Å². The fourth-order valence-electron chi connectivity index (χ4n) is 2.20. The van der Waals surface area contributed by atoms with Crippen LogP contribution in [0.3, 0.4) is 0 Å². The monoisotopic (exact) mass is 246 g/mol. The van der Waals surface area contributed by atoms with Gasteiger partial charge in [0.2, 0.25) is 0 Å². The number of hydrogen-bond acceptors (Lipinski definition) is 2. The van der Waals surface area contributed by atoms with Crippen molar-refractivity contribution in [3.8, 4) is 6.07 Å². The van der Waals surface area contributed by atoms with Gasteiger partial charge in [0.05, 0.1) is 6.07 Å². The molecule has 0 heterocycles. The summed E-state index contributed by atoms with van der Waals surface area (Å²) in [4.78, 5) is 0. The lowest BCUT2D eigenvalue weighted by atomic mass is 10.0. The van der Waals surface area contributed by atoms with Gasteiger partial charge in [-0.05, 0) is 49.3 Å². The van der Waals surface area contributed by atoms with Gasteiger partial charge in [0.15, 0.2) is 0 Å². The second kappa shape index (κ2) is 5.49. The van der Waals surface area contributed by atoms with Crippen LogP contribution < -0.4 is 5.32 Å². The molecular formula is C15H19FN2. The molecule has 1 aromatic rings. The average molecular weight is 246 g/mol. The molecule has 1 atom stereocenters. The Labute approximate surface area is 108 Å². The van der Waals surface area contributed by atoms with Gasteiger partial charge in [-0.15, -0.1) is 0 Å². The summed E-state index contributed by atoms with van der Waals surface area (Å²) >= 11 is 0. The second-order valence-electron chi connectivity index (χ2n) is 5.45. The van der Waals surface area contributed by atoms with Crippen molar-refractivity contribution in [2.75, 3.05) is 6.54 Å². The molecule has 1 aliphatic rings. The van der Waals surface area contributed by atoms with Crippen LogP contribution in [0.2, 0.25) is 0 Å². The van der Waals surface area contributed by atoms with Crippen molar-refractivity contribution in [1.82, 2.24) is 5.32 Å². The number of nitrogens with zero attached hydrogens (tertiary/aromatic N) is 1. The van der Waals surface area contributed by atoms with Crippen LogP contribution in [0.5, 0.6) is 0 Å². The highest BCUT2D eigenvalue weighted by molar-refractivity contribution is 5.17. The molecule has 0 bridgehead atoms. The van der Waals surface area contributed by atoms with Crippen LogP contribution in [0.1, 0.15) is 31.7 Å². The Bertz CT molecular complexity index is 429. The summed E-state index contributed by atoms with van der Waals surface area (Å²) in [6, 6.07) is 9.28. The molecule has 2 nitrogen and oxygen atoms in total. The first kappa shape index (κ1) is 13.0. The maximum absolute atomic E-state index is 12.8. The molecule has 0 aliphatic heterocycles. The summed E-state index contributed by atoms with van der Waals surface area (Å²) < 4.78 is 12.8. The van der Waals surface area contributed by atoms with Crippen molar-refractivity contribution in [3.05, 3.63) is 35.6 Å². The maximum atomic E-state index is 12.8.